The summed E-state index contributed by atoms with van der Waals surface area (Å²) in [6.07, 6.45) is 2.43. The number of benzene rings is 1. The number of para-hydroxylation sites is 1. The lowest BCUT2D eigenvalue weighted by atomic mass is 10.2. The van der Waals surface area contributed by atoms with Crippen LogP contribution in [-0.4, -0.2) is 20.4 Å². The third kappa shape index (κ3) is 2.17. The summed E-state index contributed by atoms with van der Waals surface area (Å²) in [6.45, 7) is 2.03. The van der Waals surface area contributed by atoms with Gasteiger partial charge in [-0.05, 0) is 30.7 Å². The highest BCUT2D eigenvalue weighted by atomic mass is 35.5. The van der Waals surface area contributed by atoms with Gasteiger partial charge in [-0.3, -0.25) is 4.57 Å². The standard InChI is InChI=1S/C15H13Cl2N3/c1-10-4-2-5-11(17)14(10)20-13(7-8-16)19-12-6-3-9-18-15(12)20/h2-6,9H,7-8H2,1H3. The lowest BCUT2D eigenvalue weighted by molar-refractivity contribution is 0.900. The first-order chi connectivity index (χ1) is 9.72. The van der Waals surface area contributed by atoms with Gasteiger partial charge in [-0.25, -0.2) is 9.97 Å². The van der Waals surface area contributed by atoms with Crippen molar-refractivity contribution in [2.24, 2.45) is 0 Å². The highest BCUT2D eigenvalue weighted by Gasteiger charge is 2.16. The Kier molecular flexibility index (Phi) is 3.64. The second-order valence-electron chi connectivity index (χ2n) is 4.55. The molecule has 0 amide bonds. The summed E-state index contributed by atoms with van der Waals surface area (Å²) in [7, 11) is 0. The number of aryl methyl sites for hydroxylation is 2. The van der Waals surface area contributed by atoms with Gasteiger partial charge in [0.05, 0.1) is 10.7 Å². The molecule has 5 heteroatoms. The Labute approximate surface area is 127 Å². The van der Waals surface area contributed by atoms with Gasteiger partial charge in [-0.2, -0.15) is 0 Å². The van der Waals surface area contributed by atoms with Crippen molar-refractivity contribution in [1.82, 2.24) is 14.5 Å². The maximum atomic E-state index is 6.38. The highest BCUT2D eigenvalue weighted by Crippen LogP contribution is 2.28. The molecule has 0 aliphatic carbocycles. The van der Waals surface area contributed by atoms with Gasteiger partial charge in [0.2, 0.25) is 0 Å². The number of fused-ring (bicyclic) bond motifs is 1. The molecule has 0 radical (unpaired) electrons. The summed E-state index contributed by atoms with van der Waals surface area (Å²) >= 11 is 12.3. The molecule has 0 atom stereocenters. The van der Waals surface area contributed by atoms with Crippen molar-refractivity contribution in [3.8, 4) is 5.69 Å². The van der Waals surface area contributed by atoms with Crippen LogP contribution in [0.3, 0.4) is 0 Å². The zero-order chi connectivity index (χ0) is 14.1. The van der Waals surface area contributed by atoms with Gasteiger partial charge in [0.25, 0.3) is 0 Å². The van der Waals surface area contributed by atoms with E-state index in [0.717, 1.165) is 28.2 Å². The summed E-state index contributed by atoms with van der Waals surface area (Å²) < 4.78 is 2.01. The molecule has 2 heterocycles. The lowest BCUT2D eigenvalue weighted by Gasteiger charge is -2.12. The Morgan fingerprint density at radius 2 is 2.05 bits per heavy atom. The van der Waals surface area contributed by atoms with E-state index < -0.39 is 0 Å². The van der Waals surface area contributed by atoms with E-state index in [2.05, 4.69) is 9.97 Å². The van der Waals surface area contributed by atoms with Crippen LogP contribution in [0.15, 0.2) is 36.5 Å². The average Bonchev–Trinajstić information content (AvgIpc) is 2.78. The summed E-state index contributed by atoms with van der Waals surface area (Å²) in [5.41, 5.74) is 3.67. The number of alkyl halides is 1. The van der Waals surface area contributed by atoms with Crippen molar-refractivity contribution in [1.29, 1.82) is 0 Å². The minimum atomic E-state index is 0.507. The number of aromatic nitrogens is 3. The van der Waals surface area contributed by atoms with Gasteiger partial charge in [0.15, 0.2) is 5.65 Å². The van der Waals surface area contributed by atoms with E-state index in [1.165, 1.54) is 0 Å². The van der Waals surface area contributed by atoms with Crippen molar-refractivity contribution >= 4 is 34.4 Å². The largest absolute Gasteiger partial charge is 0.279 e. The summed E-state index contributed by atoms with van der Waals surface area (Å²) in [4.78, 5) is 9.06. The van der Waals surface area contributed by atoms with Crippen LogP contribution in [0.5, 0.6) is 0 Å². The zero-order valence-electron chi connectivity index (χ0n) is 11.0. The second-order valence-corrected chi connectivity index (χ2v) is 5.34. The van der Waals surface area contributed by atoms with E-state index in [1.807, 2.05) is 41.8 Å². The van der Waals surface area contributed by atoms with E-state index in [-0.39, 0.29) is 0 Å². The predicted octanol–water partition coefficient (Wildman–Crippen LogP) is 4.16. The molecule has 0 saturated carbocycles. The average molecular weight is 306 g/mol. The van der Waals surface area contributed by atoms with Crippen molar-refractivity contribution < 1.29 is 0 Å². The number of rotatable bonds is 3. The first-order valence-electron chi connectivity index (χ1n) is 6.36. The molecule has 0 unspecified atom stereocenters. The highest BCUT2D eigenvalue weighted by molar-refractivity contribution is 6.32. The Balaban J connectivity index is 2.36. The molecule has 3 rings (SSSR count). The van der Waals surface area contributed by atoms with Gasteiger partial charge in [-0.1, -0.05) is 23.7 Å². The number of nitrogens with zero attached hydrogens (tertiary/aromatic N) is 3. The van der Waals surface area contributed by atoms with Crippen LogP contribution in [-0.2, 0) is 6.42 Å². The first kappa shape index (κ1) is 13.4. The van der Waals surface area contributed by atoms with Gasteiger partial charge in [0, 0.05) is 18.5 Å². The third-order valence-electron chi connectivity index (χ3n) is 3.22. The number of hydrogen-bond donors (Lipinski definition) is 0. The van der Waals surface area contributed by atoms with E-state index >= 15 is 0 Å². The fraction of sp³-hybridized carbons (Fsp3) is 0.200. The van der Waals surface area contributed by atoms with Crippen LogP contribution >= 0.6 is 23.2 Å². The maximum absolute atomic E-state index is 6.38. The zero-order valence-corrected chi connectivity index (χ0v) is 12.5. The molecular formula is C15H13Cl2N3. The Hall–Kier alpha value is -1.58. The maximum Gasteiger partial charge on any atom is 0.164 e. The minimum absolute atomic E-state index is 0.507. The van der Waals surface area contributed by atoms with Gasteiger partial charge in [0.1, 0.15) is 11.3 Å². The van der Waals surface area contributed by atoms with Crippen molar-refractivity contribution in [2.75, 3.05) is 5.88 Å². The number of hydrogen-bond acceptors (Lipinski definition) is 2. The lowest BCUT2D eigenvalue weighted by Crippen LogP contribution is -2.05. The van der Waals surface area contributed by atoms with Crippen LogP contribution in [0.4, 0.5) is 0 Å². The second kappa shape index (κ2) is 5.43. The fourth-order valence-corrected chi connectivity index (χ4v) is 2.83. The molecule has 0 fully saturated rings. The summed E-state index contributed by atoms with van der Waals surface area (Å²) in [6, 6.07) is 9.67. The first-order valence-corrected chi connectivity index (χ1v) is 7.27. The van der Waals surface area contributed by atoms with Gasteiger partial charge < -0.3 is 0 Å². The number of imidazole rings is 1. The van der Waals surface area contributed by atoms with Crippen LogP contribution in [0.2, 0.25) is 5.02 Å². The molecule has 3 aromatic rings. The molecule has 102 valence electrons. The summed E-state index contributed by atoms with van der Waals surface area (Å²) in [5.74, 6) is 1.39. The molecule has 0 aliphatic heterocycles. The van der Waals surface area contributed by atoms with E-state index in [4.69, 9.17) is 23.2 Å². The Morgan fingerprint density at radius 1 is 1.20 bits per heavy atom. The molecule has 0 saturated heterocycles. The Bertz CT molecular complexity index is 745. The Morgan fingerprint density at radius 3 is 2.80 bits per heavy atom. The van der Waals surface area contributed by atoms with Crippen molar-refractivity contribution in [2.45, 2.75) is 13.3 Å². The van der Waals surface area contributed by atoms with Crippen LogP contribution < -0.4 is 0 Å². The SMILES string of the molecule is Cc1cccc(Cl)c1-n1c(CCCl)nc2cccnc21. The monoisotopic (exact) mass is 305 g/mol. The van der Waals surface area contributed by atoms with Gasteiger partial charge in [-0.15, -0.1) is 11.6 Å². The van der Waals surface area contributed by atoms with Crippen LogP contribution in [0, 0.1) is 6.92 Å². The normalized spacial score (nSPS) is 11.2. The molecule has 0 N–H and O–H groups in total. The molecule has 0 spiro atoms. The van der Waals surface area contributed by atoms with Crippen LogP contribution in [0.1, 0.15) is 11.4 Å². The number of pyridine rings is 1. The van der Waals surface area contributed by atoms with Crippen LogP contribution in [0.25, 0.3) is 16.9 Å². The van der Waals surface area contributed by atoms with E-state index in [1.54, 1.807) is 6.20 Å². The molecule has 1 aromatic carbocycles. The van der Waals surface area contributed by atoms with E-state index in [0.29, 0.717) is 17.3 Å². The summed E-state index contributed by atoms with van der Waals surface area (Å²) in [5, 5.41) is 0.686. The smallest absolute Gasteiger partial charge is 0.164 e. The molecule has 0 aliphatic rings. The minimum Gasteiger partial charge on any atom is -0.279 e. The number of halogens is 2. The molecule has 20 heavy (non-hydrogen) atoms. The van der Waals surface area contributed by atoms with Gasteiger partial charge >= 0.3 is 0 Å². The van der Waals surface area contributed by atoms with Crippen molar-refractivity contribution in [3.05, 3.63) is 52.9 Å². The molecule has 3 nitrogen and oxygen atoms in total. The molecular weight excluding hydrogens is 293 g/mol. The third-order valence-corrected chi connectivity index (χ3v) is 3.71. The molecule has 2 aromatic heterocycles. The van der Waals surface area contributed by atoms with Crippen molar-refractivity contribution in [3.63, 3.8) is 0 Å². The quantitative estimate of drug-likeness (QED) is 0.680. The topological polar surface area (TPSA) is 30.7 Å². The van der Waals surface area contributed by atoms with E-state index in [9.17, 15) is 0 Å². The predicted molar refractivity (Wildman–Crippen MR) is 83.0 cm³/mol. The fourth-order valence-electron chi connectivity index (χ4n) is 2.35. The molecule has 0 bridgehead atoms.